The molecule has 1 aromatic rings. The highest BCUT2D eigenvalue weighted by molar-refractivity contribution is 7.89. The summed E-state index contributed by atoms with van der Waals surface area (Å²) >= 11 is 0. The van der Waals surface area contributed by atoms with Crippen molar-refractivity contribution in [3.05, 3.63) is 22.8 Å². The predicted molar refractivity (Wildman–Crippen MR) is 74.4 cm³/mol. The largest absolute Gasteiger partial charge is 0.398 e. The van der Waals surface area contributed by atoms with Gasteiger partial charge < -0.3 is 10.8 Å². The van der Waals surface area contributed by atoms with Crippen LogP contribution in [0.1, 0.15) is 29.5 Å². The molecule has 106 valence electrons. The minimum absolute atomic E-state index is 0.175. The van der Waals surface area contributed by atoms with Crippen LogP contribution < -0.4 is 10.5 Å². The zero-order chi connectivity index (χ0) is 14.4. The normalized spacial score (nSPS) is 17.5. The van der Waals surface area contributed by atoms with Gasteiger partial charge in [-0.2, -0.15) is 0 Å². The molecule has 6 heteroatoms. The number of nitrogen functional groups attached to an aromatic ring is 1. The summed E-state index contributed by atoms with van der Waals surface area (Å²) in [5, 5.41) is 9.26. The van der Waals surface area contributed by atoms with Gasteiger partial charge in [0.15, 0.2) is 0 Å². The summed E-state index contributed by atoms with van der Waals surface area (Å²) in [7, 11) is -3.66. The molecule has 1 aromatic carbocycles. The number of hydrogen-bond donors (Lipinski definition) is 3. The number of aryl methyl sites for hydroxylation is 1. The van der Waals surface area contributed by atoms with Crippen LogP contribution in [-0.2, 0) is 10.0 Å². The topological polar surface area (TPSA) is 92.4 Å². The minimum atomic E-state index is -3.66. The summed E-state index contributed by atoms with van der Waals surface area (Å²) in [4.78, 5) is 0.240. The van der Waals surface area contributed by atoms with E-state index in [9.17, 15) is 13.5 Å². The molecule has 19 heavy (non-hydrogen) atoms. The van der Waals surface area contributed by atoms with Gasteiger partial charge in [-0.1, -0.05) is 0 Å². The molecule has 1 aliphatic carbocycles. The van der Waals surface area contributed by atoms with Gasteiger partial charge in [0.25, 0.3) is 0 Å². The SMILES string of the molecule is Cc1cc(N)c(C)c(S(=O)(=O)NC2(CO)CC2)c1C. The van der Waals surface area contributed by atoms with E-state index in [4.69, 9.17) is 5.73 Å². The highest BCUT2D eigenvalue weighted by Gasteiger charge is 2.46. The number of nitrogens with two attached hydrogens (primary N) is 1. The summed E-state index contributed by atoms with van der Waals surface area (Å²) in [5.74, 6) is 0. The molecule has 0 saturated heterocycles. The molecule has 0 bridgehead atoms. The van der Waals surface area contributed by atoms with Gasteiger partial charge >= 0.3 is 0 Å². The third kappa shape index (κ3) is 2.48. The lowest BCUT2D eigenvalue weighted by molar-refractivity contribution is 0.246. The van der Waals surface area contributed by atoms with E-state index in [2.05, 4.69) is 4.72 Å². The molecule has 4 N–H and O–H groups in total. The number of benzene rings is 1. The van der Waals surface area contributed by atoms with Crippen LogP contribution in [0.4, 0.5) is 5.69 Å². The van der Waals surface area contributed by atoms with E-state index >= 15 is 0 Å². The lowest BCUT2D eigenvalue weighted by atomic mass is 10.1. The lowest BCUT2D eigenvalue weighted by Gasteiger charge is -2.19. The average molecular weight is 284 g/mol. The van der Waals surface area contributed by atoms with Crippen LogP contribution >= 0.6 is 0 Å². The van der Waals surface area contributed by atoms with Crippen LogP contribution in [0, 0.1) is 20.8 Å². The van der Waals surface area contributed by atoms with Gasteiger partial charge in [0.05, 0.1) is 17.0 Å². The second kappa shape index (κ2) is 4.47. The van der Waals surface area contributed by atoms with Crippen molar-refractivity contribution in [1.82, 2.24) is 4.72 Å². The Morgan fingerprint density at radius 1 is 1.32 bits per heavy atom. The van der Waals surface area contributed by atoms with E-state index < -0.39 is 15.6 Å². The summed E-state index contributed by atoms with van der Waals surface area (Å²) in [6.07, 6.45) is 1.34. The molecule has 0 radical (unpaired) electrons. The quantitative estimate of drug-likeness (QED) is 0.719. The highest BCUT2D eigenvalue weighted by atomic mass is 32.2. The third-order valence-electron chi connectivity index (χ3n) is 3.85. The maximum absolute atomic E-state index is 12.5. The van der Waals surface area contributed by atoms with Crippen LogP contribution in [0.3, 0.4) is 0 Å². The van der Waals surface area contributed by atoms with Crippen molar-refractivity contribution in [3.63, 3.8) is 0 Å². The Labute approximate surface area is 113 Å². The maximum atomic E-state index is 12.5. The highest BCUT2D eigenvalue weighted by Crippen LogP contribution is 2.37. The fourth-order valence-corrected chi connectivity index (χ4v) is 4.25. The van der Waals surface area contributed by atoms with Crippen LogP contribution in [0.25, 0.3) is 0 Å². The number of nitrogens with one attached hydrogen (secondary N) is 1. The standard InChI is InChI=1S/C13H20N2O3S/c1-8-6-11(14)10(3)12(9(8)2)19(17,18)15-13(7-16)4-5-13/h6,15-16H,4-5,7,14H2,1-3H3. The van der Waals surface area contributed by atoms with E-state index in [1.165, 1.54) is 0 Å². The van der Waals surface area contributed by atoms with Gasteiger partial charge in [-0.15, -0.1) is 0 Å². The molecule has 5 nitrogen and oxygen atoms in total. The predicted octanol–water partition coefficient (Wildman–Crippen LogP) is 0.997. The second-order valence-electron chi connectivity index (χ2n) is 5.41. The van der Waals surface area contributed by atoms with Crippen molar-refractivity contribution in [3.8, 4) is 0 Å². The van der Waals surface area contributed by atoms with E-state index in [1.807, 2.05) is 6.92 Å². The number of aliphatic hydroxyl groups is 1. The number of hydrogen-bond acceptors (Lipinski definition) is 4. The molecule has 1 aliphatic rings. The smallest absolute Gasteiger partial charge is 0.241 e. The first-order chi connectivity index (χ1) is 8.72. The number of sulfonamides is 1. The number of rotatable bonds is 4. The van der Waals surface area contributed by atoms with E-state index in [1.54, 1.807) is 19.9 Å². The van der Waals surface area contributed by atoms with E-state index in [0.29, 0.717) is 29.7 Å². The molecule has 0 unspecified atom stereocenters. The molecule has 0 aromatic heterocycles. The molecule has 0 heterocycles. The summed E-state index contributed by atoms with van der Waals surface area (Å²) < 4.78 is 27.6. The van der Waals surface area contributed by atoms with Crippen LogP contribution in [0.15, 0.2) is 11.0 Å². The molecular formula is C13H20N2O3S. The molecule has 0 aliphatic heterocycles. The van der Waals surface area contributed by atoms with E-state index in [0.717, 1.165) is 5.56 Å². The van der Waals surface area contributed by atoms with Gasteiger partial charge in [0, 0.05) is 5.69 Å². The Bertz CT molecular complexity index is 593. The summed E-state index contributed by atoms with van der Waals surface area (Å²) in [5.41, 5.74) is 7.76. The molecule has 1 saturated carbocycles. The zero-order valence-electron chi connectivity index (χ0n) is 11.4. The fraction of sp³-hybridized carbons (Fsp3) is 0.538. The average Bonchev–Trinajstić information content (AvgIpc) is 3.06. The first-order valence-corrected chi connectivity index (χ1v) is 7.72. The first-order valence-electron chi connectivity index (χ1n) is 6.23. The van der Waals surface area contributed by atoms with Gasteiger partial charge in [-0.25, -0.2) is 13.1 Å². The molecule has 0 atom stereocenters. The van der Waals surface area contributed by atoms with Crippen molar-refractivity contribution >= 4 is 15.7 Å². The minimum Gasteiger partial charge on any atom is -0.398 e. The van der Waals surface area contributed by atoms with Crippen LogP contribution in [-0.4, -0.2) is 25.7 Å². The molecule has 1 fully saturated rings. The third-order valence-corrected chi connectivity index (χ3v) is 5.71. The Kier molecular flexibility index (Phi) is 3.36. The van der Waals surface area contributed by atoms with Gasteiger partial charge in [-0.05, 0) is 56.4 Å². The Morgan fingerprint density at radius 2 is 1.89 bits per heavy atom. The van der Waals surface area contributed by atoms with E-state index in [-0.39, 0.29) is 11.5 Å². The number of aliphatic hydroxyl groups excluding tert-OH is 1. The van der Waals surface area contributed by atoms with Crippen molar-refractivity contribution in [1.29, 1.82) is 0 Å². The van der Waals surface area contributed by atoms with Gasteiger partial charge in [0.1, 0.15) is 0 Å². The number of anilines is 1. The zero-order valence-corrected chi connectivity index (χ0v) is 12.3. The van der Waals surface area contributed by atoms with Gasteiger partial charge in [0.2, 0.25) is 10.0 Å². The molecule has 0 spiro atoms. The van der Waals surface area contributed by atoms with Gasteiger partial charge in [-0.3, -0.25) is 0 Å². The first kappa shape index (κ1) is 14.3. The van der Waals surface area contributed by atoms with Crippen LogP contribution in [0.5, 0.6) is 0 Å². The molecular weight excluding hydrogens is 264 g/mol. The summed E-state index contributed by atoms with van der Waals surface area (Å²) in [6.45, 7) is 5.14. The summed E-state index contributed by atoms with van der Waals surface area (Å²) in [6, 6.07) is 1.78. The van der Waals surface area contributed by atoms with Crippen molar-refractivity contribution < 1.29 is 13.5 Å². The second-order valence-corrected chi connectivity index (χ2v) is 7.03. The van der Waals surface area contributed by atoms with Crippen molar-refractivity contribution in [2.45, 2.75) is 44.0 Å². The van der Waals surface area contributed by atoms with Crippen molar-refractivity contribution in [2.75, 3.05) is 12.3 Å². The Hall–Kier alpha value is -1.11. The Balaban J connectivity index is 2.52. The molecule has 2 rings (SSSR count). The van der Waals surface area contributed by atoms with Crippen LogP contribution in [0.2, 0.25) is 0 Å². The lowest BCUT2D eigenvalue weighted by Crippen LogP contribution is -2.40. The fourth-order valence-electron chi connectivity index (χ4n) is 2.22. The maximum Gasteiger partial charge on any atom is 0.241 e. The monoisotopic (exact) mass is 284 g/mol. The van der Waals surface area contributed by atoms with Crippen molar-refractivity contribution in [2.24, 2.45) is 0 Å². The molecule has 0 amide bonds. The Morgan fingerprint density at radius 3 is 2.37 bits per heavy atom.